The Labute approximate surface area is 209 Å². The maximum Gasteiger partial charge on any atom is 0.245 e. The van der Waals surface area contributed by atoms with Crippen molar-refractivity contribution >= 4 is 34.8 Å². The van der Waals surface area contributed by atoms with Crippen molar-refractivity contribution in [3.05, 3.63) is 93.7 Å². The number of hydrogen-bond donors (Lipinski definition) is 0. The number of amides is 2. The molecule has 178 valence electrons. The molecule has 0 fully saturated rings. The lowest BCUT2D eigenvalue weighted by molar-refractivity contribution is -0.141. The fourth-order valence-corrected chi connectivity index (χ4v) is 5.61. The lowest BCUT2D eigenvalue weighted by atomic mass is 9.93. The molecule has 3 aromatic rings. The topological polar surface area (TPSA) is 49.9 Å². The van der Waals surface area contributed by atoms with Crippen molar-refractivity contribution in [1.82, 2.24) is 9.80 Å². The Bertz CT molecular complexity index is 1090. The van der Waals surface area contributed by atoms with Crippen molar-refractivity contribution in [2.24, 2.45) is 0 Å². The molecule has 0 saturated heterocycles. The third-order valence-electron chi connectivity index (χ3n) is 6.12. The van der Waals surface area contributed by atoms with Crippen LogP contribution in [0.1, 0.15) is 39.4 Å². The van der Waals surface area contributed by atoms with Gasteiger partial charge in [0.2, 0.25) is 11.8 Å². The van der Waals surface area contributed by atoms with Gasteiger partial charge in [-0.05, 0) is 41.0 Å². The van der Waals surface area contributed by atoms with Crippen molar-refractivity contribution in [2.45, 2.75) is 24.3 Å². The van der Waals surface area contributed by atoms with Gasteiger partial charge in [0.05, 0.1) is 12.6 Å². The number of carbonyl (C=O) groups is 2. The zero-order valence-corrected chi connectivity index (χ0v) is 20.8. The lowest BCUT2D eigenvalue weighted by Gasteiger charge is -2.38. The van der Waals surface area contributed by atoms with Crippen molar-refractivity contribution in [1.29, 1.82) is 0 Å². The fourth-order valence-electron chi connectivity index (χ4n) is 4.43. The van der Waals surface area contributed by atoms with Gasteiger partial charge in [-0.2, -0.15) is 0 Å². The Morgan fingerprint density at radius 1 is 1.12 bits per heavy atom. The van der Waals surface area contributed by atoms with Crippen LogP contribution in [-0.2, 0) is 20.7 Å². The zero-order chi connectivity index (χ0) is 23.9. The quantitative estimate of drug-likeness (QED) is 0.307. The number of fused-ring (bicyclic) bond motifs is 1. The van der Waals surface area contributed by atoms with E-state index in [4.69, 9.17) is 16.3 Å². The van der Waals surface area contributed by atoms with Gasteiger partial charge in [0.15, 0.2) is 0 Å². The first-order valence-electron chi connectivity index (χ1n) is 11.5. The number of carbonyl (C=O) groups excluding carboxylic acids is 2. The SMILES string of the molecule is COCCCN(CC(=O)N1CCc2sccc2C1c1ccccc1)C(=O)C(Cl)c1ccccc1. The molecule has 2 atom stereocenters. The summed E-state index contributed by atoms with van der Waals surface area (Å²) in [6.07, 6.45) is 1.45. The van der Waals surface area contributed by atoms with Crippen LogP contribution in [0.3, 0.4) is 0 Å². The van der Waals surface area contributed by atoms with Gasteiger partial charge in [0.25, 0.3) is 0 Å². The highest BCUT2D eigenvalue weighted by molar-refractivity contribution is 7.10. The van der Waals surface area contributed by atoms with Crippen LogP contribution in [0, 0.1) is 0 Å². The van der Waals surface area contributed by atoms with E-state index in [9.17, 15) is 9.59 Å². The number of thiophene rings is 1. The summed E-state index contributed by atoms with van der Waals surface area (Å²) in [7, 11) is 1.63. The number of alkyl halides is 1. The van der Waals surface area contributed by atoms with E-state index in [-0.39, 0.29) is 24.4 Å². The van der Waals surface area contributed by atoms with Crippen molar-refractivity contribution in [3.8, 4) is 0 Å². The van der Waals surface area contributed by atoms with Crippen molar-refractivity contribution < 1.29 is 14.3 Å². The molecule has 0 aliphatic carbocycles. The predicted octanol–water partition coefficient (Wildman–Crippen LogP) is 5.07. The van der Waals surface area contributed by atoms with Gasteiger partial charge in [-0.15, -0.1) is 22.9 Å². The molecule has 2 aromatic carbocycles. The van der Waals surface area contributed by atoms with Crippen LogP contribution in [0.15, 0.2) is 72.1 Å². The largest absolute Gasteiger partial charge is 0.385 e. The maximum atomic E-state index is 13.7. The number of methoxy groups -OCH3 is 1. The van der Waals surface area contributed by atoms with Crippen molar-refractivity contribution in [2.75, 3.05) is 33.4 Å². The van der Waals surface area contributed by atoms with Crippen LogP contribution in [0.2, 0.25) is 0 Å². The molecule has 5 nitrogen and oxygen atoms in total. The second-order valence-corrected chi connectivity index (χ2v) is 9.77. The second kappa shape index (κ2) is 11.6. The van der Waals surface area contributed by atoms with E-state index in [1.807, 2.05) is 53.4 Å². The van der Waals surface area contributed by atoms with E-state index in [0.717, 1.165) is 17.5 Å². The van der Waals surface area contributed by atoms with Crippen LogP contribution >= 0.6 is 22.9 Å². The highest BCUT2D eigenvalue weighted by atomic mass is 35.5. The second-order valence-electron chi connectivity index (χ2n) is 8.33. The van der Waals surface area contributed by atoms with E-state index in [1.165, 1.54) is 10.4 Å². The molecule has 0 radical (unpaired) electrons. The normalized spacial score (nSPS) is 16.1. The van der Waals surface area contributed by atoms with E-state index < -0.39 is 5.38 Å². The summed E-state index contributed by atoms with van der Waals surface area (Å²) in [6, 6.07) is 21.3. The summed E-state index contributed by atoms with van der Waals surface area (Å²) in [5.74, 6) is -0.338. The Balaban J connectivity index is 1.57. The van der Waals surface area contributed by atoms with E-state index >= 15 is 0 Å². The standard InChI is InChI=1S/C27H29ClN2O3S/c1-33-17-8-15-29(27(32)25(28)20-9-4-2-5-10-20)19-24(31)30-16-13-23-22(14-18-34-23)26(30)21-11-6-3-7-12-21/h2-7,9-12,14,18,25-26H,8,13,15-17,19H2,1H3. The summed E-state index contributed by atoms with van der Waals surface area (Å²) in [6.45, 7) is 1.52. The molecule has 0 saturated carbocycles. The number of ether oxygens (including phenoxy) is 1. The van der Waals surface area contributed by atoms with Gasteiger partial charge in [0.1, 0.15) is 5.38 Å². The van der Waals surface area contributed by atoms with Gasteiger partial charge in [-0.1, -0.05) is 60.7 Å². The number of halogens is 1. The maximum absolute atomic E-state index is 13.7. The number of benzene rings is 2. The third kappa shape index (κ3) is 5.52. The van der Waals surface area contributed by atoms with E-state index in [0.29, 0.717) is 26.1 Å². The highest BCUT2D eigenvalue weighted by Gasteiger charge is 2.34. The first-order chi connectivity index (χ1) is 16.6. The molecule has 0 N–H and O–H groups in total. The van der Waals surface area contributed by atoms with Crippen molar-refractivity contribution in [3.63, 3.8) is 0 Å². The average Bonchev–Trinajstić information content (AvgIpc) is 3.36. The van der Waals surface area contributed by atoms with Gasteiger partial charge in [-0.3, -0.25) is 9.59 Å². The van der Waals surface area contributed by atoms with Gasteiger partial charge in [0, 0.05) is 31.7 Å². The molecule has 2 heterocycles. The number of rotatable bonds is 9. The van der Waals surface area contributed by atoms with E-state index in [2.05, 4.69) is 23.6 Å². The molecular weight excluding hydrogens is 468 g/mol. The third-order valence-corrected chi connectivity index (χ3v) is 7.56. The van der Waals surface area contributed by atoms with Gasteiger partial charge < -0.3 is 14.5 Å². The Hall–Kier alpha value is -2.67. The van der Waals surface area contributed by atoms with Gasteiger partial charge >= 0.3 is 0 Å². The molecule has 2 unspecified atom stereocenters. The summed E-state index contributed by atoms with van der Waals surface area (Å²) < 4.78 is 5.18. The Kier molecular flexibility index (Phi) is 8.38. The molecule has 7 heteroatoms. The first kappa shape index (κ1) is 24.5. The minimum atomic E-state index is -0.841. The summed E-state index contributed by atoms with van der Waals surface area (Å²) in [5, 5.41) is 1.25. The molecule has 1 aliphatic heterocycles. The lowest BCUT2D eigenvalue weighted by Crippen LogP contribution is -2.47. The van der Waals surface area contributed by atoms with E-state index in [1.54, 1.807) is 23.3 Å². The zero-order valence-electron chi connectivity index (χ0n) is 19.2. The molecule has 4 rings (SSSR count). The minimum Gasteiger partial charge on any atom is -0.385 e. The molecular formula is C27H29ClN2O3S. The monoisotopic (exact) mass is 496 g/mol. The molecule has 1 aromatic heterocycles. The minimum absolute atomic E-state index is 0.0125. The van der Waals surface area contributed by atoms with Crippen LogP contribution < -0.4 is 0 Å². The Morgan fingerprint density at radius 2 is 1.82 bits per heavy atom. The van der Waals surface area contributed by atoms with Gasteiger partial charge in [-0.25, -0.2) is 0 Å². The Morgan fingerprint density at radius 3 is 2.53 bits per heavy atom. The molecule has 1 aliphatic rings. The van der Waals surface area contributed by atoms with Crippen LogP contribution in [-0.4, -0.2) is 55.0 Å². The summed E-state index contributed by atoms with van der Waals surface area (Å²) in [5.41, 5.74) is 2.97. The molecule has 0 bridgehead atoms. The van der Waals surface area contributed by atoms with Crippen LogP contribution in [0.5, 0.6) is 0 Å². The van der Waals surface area contributed by atoms with Crippen LogP contribution in [0.25, 0.3) is 0 Å². The number of hydrogen-bond acceptors (Lipinski definition) is 4. The summed E-state index contributed by atoms with van der Waals surface area (Å²) >= 11 is 8.30. The highest BCUT2D eigenvalue weighted by Crippen LogP contribution is 2.38. The molecule has 34 heavy (non-hydrogen) atoms. The van der Waals surface area contributed by atoms with Crippen LogP contribution in [0.4, 0.5) is 0 Å². The predicted molar refractivity (Wildman–Crippen MR) is 136 cm³/mol. The molecule has 0 spiro atoms. The average molecular weight is 497 g/mol. The fraction of sp³-hybridized carbons (Fsp3) is 0.333. The summed E-state index contributed by atoms with van der Waals surface area (Å²) in [4.78, 5) is 31.8. The number of nitrogens with zero attached hydrogens (tertiary/aromatic N) is 2. The first-order valence-corrected chi connectivity index (χ1v) is 12.8. The smallest absolute Gasteiger partial charge is 0.245 e. The molecule has 2 amide bonds.